The number of aromatic nitrogens is 2. The Hall–Kier alpha value is -0.770. The van der Waals surface area contributed by atoms with Crippen molar-refractivity contribution in [3.05, 3.63) is 21.7 Å². The Balaban J connectivity index is 2.41. The summed E-state index contributed by atoms with van der Waals surface area (Å²) in [5.41, 5.74) is 2.55. The van der Waals surface area contributed by atoms with Crippen LogP contribution in [0.4, 0.5) is 0 Å². The highest BCUT2D eigenvalue weighted by Gasteiger charge is 2.21. The molecule has 1 aromatic rings. The standard InChI is InChI=1S/C13H20N2OS/c1-3-8-15-11-7-5-6-10(11)12(14-13(15)16)17-9-4-2/h3-9H2,1-2H3. The zero-order valence-corrected chi connectivity index (χ0v) is 11.5. The van der Waals surface area contributed by atoms with Gasteiger partial charge in [0.15, 0.2) is 0 Å². The lowest BCUT2D eigenvalue weighted by atomic mass is 10.2. The summed E-state index contributed by atoms with van der Waals surface area (Å²) in [5.74, 6) is 1.05. The molecule has 2 rings (SSSR count). The average molecular weight is 252 g/mol. The van der Waals surface area contributed by atoms with E-state index < -0.39 is 0 Å². The number of nitrogens with zero attached hydrogens (tertiary/aromatic N) is 2. The second kappa shape index (κ2) is 5.71. The number of hydrogen-bond donors (Lipinski definition) is 0. The van der Waals surface area contributed by atoms with E-state index in [9.17, 15) is 4.79 Å². The number of fused-ring (bicyclic) bond motifs is 1. The summed E-state index contributed by atoms with van der Waals surface area (Å²) in [6.45, 7) is 5.08. The first-order valence-electron chi connectivity index (χ1n) is 6.53. The zero-order chi connectivity index (χ0) is 12.3. The molecule has 17 heavy (non-hydrogen) atoms. The molecule has 0 radical (unpaired) electrons. The highest BCUT2D eigenvalue weighted by atomic mass is 32.2. The van der Waals surface area contributed by atoms with Crippen LogP contribution in [0.15, 0.2) is 9.82 Å². The largest absolute Gasteiger partial charge is 0.348 e. The van der Waals surface area contributed by atoms with Crippen LogP contribution >= 0.6 is 11.8 Å². The van der Waals surface area contributed by atoms with Crippen LogP contribution in [0.3, 0.4) is 0 Å². The van der Waals surface area contributed by atoms with E-state index in [1.54, 1.807) is 11.8 Å². The molecule has 0 saturated heterocycles. The molecule has 0 atom stereocenters. The van der Waals surface area contributed by atoms with Gasteiger partial charge in [0.25, 0.3) is 0 Å². The van der Waals surface area contributed by atoms with Crippen molar-refractivity contribution in [1.29, 1.82) is 0 Å². The molecule has 94 valence electrons. The first kappa shape index (κ1) is 12.7. The van der Waals surface area contributed by atoms with Gasteiger partial charge in [-0.15, -0.1) is 11.8 Å². The molecule has 1 aliphatic carbocycles. The maximum Gasteiger partial charge on any atom is 0.348 e. The minimum absolute atomic E-state index is 0.0499. The lowest BCUT2D eigenvalue weighted by Gasteiger charge is -2.13. The van der Waals surface area contributed by atoms with Crippen molar-refractivity contribution in [3.63, 3.8) is 0 Å². The highest BCUT2D eigenvalue weighted by molar-refractivity contribution is 7.99. The molecule has 0 amide bonds. The normalized spacial score (nSPS) is 14.0. The van der Waals surface area contributed by atoms with Gasteiger partial charge in [0.2, 0.25) is 0 Å². The van der Waals surface area contributed by atoms with Gasteiger partial charge in [0.05, 0.1) is 0 Å². The Kier molecular flexibility index (Phi) is 4.26. The summed E-state index contributed by atoms with van der Waals surface area (Å²) in [5, 5.41) is 0.997. The first-order chi connectivity index (χ1) is 8.27. The molecule has 3 nitrogen and oxygen atoms in total. The molecule has 1 heterocycles. The topological polar surface area (TPSA) is 34.9 Å². The van der Waals surface area contributed by atoms with Crippen molar-refractivity contribution >= 4 is 11.8 Å². The quantitative estimate of drug-likeness (QED) is 0.597. The van der Waals surface area contributed by atoms with Gasteiger partial charge >= 0.3 is 5.69 Å². The fourth-order valence-corrected chi connectivity index (χ4v) is 3.29. The average Bonchev–Trinajstić information content (AvgIpc) is 2.79. The van der Waals surface area contributed by atoms with Gasteiger partial charge in [0, 0.05) is 17.8 Å². The predicted octanol–water partition coefficient (Wildman–Crippen LogP) is 2.64. The Labute approximate surface area is 107 Å². The van der Waals surface area contributed by atoms with E-state index >= 15 is 0 Å². The van der Waals surface area contributed by atoms with Gasteiger partial charge < -0.3 is 0 Å². The minimum atomic E-state index is -0.0499. The van der Waals surface area contributed by atoms with Crippen LogP contribution in [0.5, 0.6) is 0 Å². The first-order valence-corrected chi connectivity index (χ1v) is 7.51. The summed E-state index contributed by atoms with van der Waals surface area (Å²) in [7, 11) is 0. The molecule has 1 aromatic heterocycles. The lowest BCUT2D eigenvalue weighted by Crippen LogP contribution is -2.27. The van der Waals surface area contributed by atoms with E-state index in [2.05, 4.69) is 18.8 Å². The Morgan fingerprint density at radius 2 is 2.12 bits per heavy atom. The Bertz CT molecular complexity index is 453. The van der Waals surface area contributed by atoms with Crippen molar-refractivity contribution in [3.8, 4) is 0 Å². The molecule has 0 saturated carbocycles. The van der Waals surface area contributed by atoms with Crippen LogP contribution < -0.4 is 5.69 Å². The third-order valence-corrected chi connectivity index (χ3v) is 4.31. The summed E-state index contributed by atoms with van der Waals surface area (Å²) >= 11 is 1.74. The van der Waals surface area contributed by atoms with Crippen molar-refractivity contribution in [1.82, 2.24) is 9.55 Å². The second-order valence-corrected chi connectivity index (χ2v) is 5.56. The number of hydrogen-bond acceptors (Lipinski definition) is 3. The third kappa shape index (κ3) is 2.57. The van der Waals surface area contributed by atoms with Crippen LogP contribution in [-0.4, -0.2) is 15.3 Å². The molecule has 0 bridgehead atoms. The summed E-state index contributed by atoms with van der Waals surface area (Å²) in [6, 6.07) is 0. The van der Waals surface area contributed by atoms with Crippen molar-refractivity contribution < 1.29 is 0 Å². The van der Waals surface area contributed by atoms with Gasteiger partial charge in [-0.1, -0.05) is 13.8 Å². The molecule has 0 spiro atoms. The van der Waals surface area contributed by atoms with Gasteiger partial charge in [-0.25, -0.2) is 4.79 Å². The van der Waals surface area contributed by atoms with Gasteiger partial charge in [0.1, 0.15) is 5.03 Å². The summed E-state index contributed by atoms with van der Waals surface area (Å²) in [6.07, 6.45) is 5.43. The highest BCUT2D eigenvalue weighted by Crippen LogP contribution is 2.29. The van der Waals surface area contributed by atoms with Crippen LogP contribution in [0.1, 0.15) is 44.4 Å². The maximum absolute atomic E-state index is 12.0. The zero-order valence-electron chi connectivity index (χ0n) is 10.7. The van der Waals surface area contributed by atoms with E-state index in [0.29, 0.717) is 0 Å². The Morgan fingerprint density at radius 1 is 1.29 bits per heavy atom. The van der Waals surface area contributed by atoms with E-state index in [0.717, 1.165) is 43.0 Å². The van der Waals surface area contributed by atoms with E-state index in [1.165, 1.54) is 17.7 Å². The molecule has 4 heteroatoms. The summed E-state index contributed by atoms with van der Waals surface area (Å²) in [4.78, 5) is 16.3. The fraction of sp³-hybridized carbons (Fsp3) is 0.692. The SMILES string of the molecule is CCCSc1nc(=O)n(CCC)c2c1CCC2. The molecular weight excluding hydrogens is 232 g/mol. The third-order valence-electron chi connectivity index (χ3n) is 3.09. The smallest absolute Gasteiger partial charge is 0.296 e. The van der Waals surface area contributed by atoms with Crippen molar-refractivity contribution in [2.45, 2.75) is 57.5 Å². The van der Waals surface area contributed by atoms with E-state index in [4.69, 9.17) is 0 Å². The minimum Gasteiger partial charge on any atom is -0.296 e. The van der Waals surface area contributed by atoms with Crippen LogP contribution in [0, 0.1) is 0 Å². The van der Waals surface area contributed by atoms with Gasteiger partial charge in [-0.3, -0.25) is 4.57 Å². The van der Waals surface area contributed by atoms with Crippen molar-refractivity contribution in [2.24, 2.45) is 0 Å². The lowest BCUT2D eigenvalue weighted by molar-refractivity contribution is 0.597. The molecule has 0 unspecified atom stereocenters. The predicted molar refractivity (Wildman–Crippen MR) is 71.8 cm³/mol. The molecule has 0 aliphatic heterocycles. The van der Waals surface area contributed by atoms with Gasteiger partial charge in [-0.05, 0) is 37.9 Å². The van der Waals surface area contributed by atoms with Crippen LogP contribution in [-0.2, 0) is 19.4 Å². The van der Waals surface area contributed by atoms with Crippen molar-refractivity contribution in [2.75, 3.05) is 5.75 Å². The molecule has 0 fully saturated rings. The van der Waals surface area contributed by atoms with Crippen LogP contribution in [0.25, 0.3) is 0 Å². The Morgan fingerprint density at radius 3 is 2.82 bits per heavy atom. The summed E-state index contributed by atoms with van der Waals surface area (Å²) < 4.78 is 1.89. The monoisotopic (exact) mass is 252 g/mol. The molecular formula is C13H20N2OS. The maximum atomic E-state index is 12.0. The van der Waals surface area contributed by atoms with Gasteiger partial charge in [-0.2, -0.15) is 4.98 Å². The van der Waals surface area contributed by atoms with Crippen LogP contribution in [0.2, 0.25) is 0 Å². The number of thioether (sulfide) groups is 1. The number of rotatable bonds is 5. The molecule has 1 aliphatic rings. The van der Waals surface area contributed by atoms with E-state index in [1.807, 2.05) is 4.57 Å². The second-order valence-electron chi connectivity index (χ2n) is 4.48. The van der Waals surface area contributed by atoms with E-state index in [-0.39, 0.29) is 5.69 Å². The molecule has 0 aromatic carbocycles. The fourth-order valence-electron chi connectivity index (χ4n) is 2.36. The molecule has 0 N–H and O–H groups in total.